The van der Waals surface area contributed by atoms with Gasteiger partial charge in [-0.3, -0.25) is 4.21 Å². The molecule has 0 aliphatic rings. The van der Waals surface area contributed by atoms with Crippen molar-refractivity contribution in [3.63, 3.8) is 0 Å². The van der Waals surface area contributed by atoms with E-state index in [1.807, 2.05) is 6.07 Å². The number of methoxy groups -OCH3 is 1. The minimum atomic E-state index is -0.774. The van der Waals surface area contributed by atoms with Gasteiger partial charge in [-0.05, 0) is 12.1 Å². The van der Waals surface area contributed by atoms with Crippen molar-refractivity contribution >= 4 is 16.8 Å². The fraction of sp³-hybridized carbons (Fsp3) is 0.500. The quantitative estimate of drug-likeness (QED) is 0.556. The predicted molar refractivity (Wildman–Crippen MR) is 62.8 cm³/mol. The van der Waals surface area contributed by atoms with E-state index in [-0.39, 0.29) is 5.97 Å². The van der Waals surface area contributed by atoms with Crippen molar-refractivity contribution in [1.29, 1.82) is 0 Å². The lowest BCUT2D eigenvalue weighted by atomic mass is 10.4. The van der Waals surface area contributed by atoms with Gasteiger partial charge in [0, 0.05) is 41.6 Å². The van der Waals surface area contributed by atoms with Gasteiger partial charge in [0.1, 0.15) is 5.69 Å². The number of hydrogen-bond donors (Lipinski definition) is 2. The van der Waals surface area contributed by atoms with Crippen molar-refractivity contribution in [2.75, 3.05) is 25.7 Å². The van der Waals surface area contributed by atoms with Gasteiger partial charge in [0.2, 0.25) is 0 Å². The second-order valence-corrected chi connectivity index (χ2v) is 4.90. The zero-order valence-corrected chi connectivity index (χ0v) is 10.2. The number of carbonyl (C=O) groups is 1. The summed E-state index contributed by atoms with van der Waals surface area (Å²) < 4.78 is 15.4. The molecule has 0 spiro atoms. The molecule has 1 unspecified atom stereocenters. The average molecular weight is 244 g/mol. The summed E-state index contributed by atoms with van der Waals surface area (Å²) in [6.07, 6.45) is 1.67. The molecule has 6 heteroatoms. The topological polar surface area (TPSA) is 71.2 Å². The number of ether oxygens (including phenoxy) is 1. The minimum Gasteiger partial charge on any atom is -0.464 e. The van der Waals surface area contributed by atoms with Crippen LogP contribution in [0.25, 0.3) is 0 Å². The highest BCUT2D eigenvalue weighted by Gasteiger charge is 2.07. The monoisotopic (exact) mass is 244 g/mol. The first-order chi connectivity index (χ1) is 7.63. The molecule has 1 atom stereocenters. The Hall–Kier alpha value is -1.14. The summed E-state index contributed by atoms with van der Waals surface area (Å²) >= 11 is 0. The second kappa shape index (κ2) is 6.44. The SMILES string of the molecule is COC(=O)c1ccc(CNCCS(C)=O)[nH]1. The standard InChI is InChI=1S/C10H16N2O3S/c1-15-10(13)9-4-3-8(12-9)7-11-5-6-16(2)14/h3-4,11-12H,5-7H2,1-2H3. The largest absolute Gasteiger partial charge is 0.464 e. The fourth-order valence-corrected chi connectivity index (χ4v) is 1.64. The lowest BCUT2D eigenvalue weighted by molar-refractivity contribution is 0.0594. The lowest BCUT2D eigenvalue weighted by Gasteiger charge is -2.01. The molecule has 0 saturated heterocycles. The van der Waals surface area contributed by atoms with Crippen LogP contribution in [0.2, 0.25) is 0 Å². The highest BCUT2D eigenvalue weighted by Crippen LogP contribution is 2.02. The van der Waals surface area contributed by atoms with Crippen LogP contribution in [-0.4, -0.2) is 40.8 Å². The smallest absolute Gasteiger partial charge is 0.354 e. The van der Waals surface area contributed by atoms with Crippen LogP contribution in [0.15, 0.2) is 12.1 Å². The summed E-state index contributed by atoms with van der Waals surface area (Å²) in [5.74, 6) is 0.255. The Morgan fingerprint density at radius 1 is 1.56 bits per heavy atom. The maximum absolute atomic E-state index is 11.1. The molecule has 1 aromatic rings. The van der Waals surface area contributed by atoms with Crippen LogP contribution in [-0.2, 0) is 22.1 Å². The number of H-pyrrole nitrogens is 1. The Labute approximate surface area is 97.0 Å². The molecule has 16 heavy (non-hydrogen) atoms. The molecule has 1 heterocycles. The van der Waals surface area contributed by atoms with E-state index in [4.69, 9.17) is 0 Å². The van der Waals surface area contributed by atoms with Crippen molar-refractivity contribution in [2.24, 2.45) is 0 Å². The summed E-state index contributed by atoms with van der Waals surface area (Å²) in [7, 11) is 0.571. The Morgan fingerprint density at radius 2 is 2.31 bits per heavy atom. The molecule has 0 aromatic carbocycles. The molecule has 0 aliphatic carbocycles. The first-order valence-electron chi connectivity index (χ1n) is 4.90. The molecular weight excluding hydrogens is 228 g/mol. The van der Waals surface area contributed by atoms with E-state index >= 15 is 0 Å². The van der Waals surface area contributed by atoms with Gasteiger partial charge in [0.05, 0.1) is 7.11 Å². The number of nitrogens with one attached hydrogen (secondary N) is 2. The number of hydrogen-bond acceptors (Lipinski definition) is 4. The highest BCUT2D eigenvalue weighted by atomic mass is 32.2. The van der Waals surface area contributed by atoms with Crippen LogP contribution >= 0.6 is 0 Å². The Kier molecular flexibility index (Phi) is 5.21. The molecule has 0 radical (unpaired) electrons. The Balaban J connectivity index is 2.35. The Bertz CT molecular complexity index is 376. The molecular formula is C10H16N2O3S. The third-order valence-electron chi connectivity index (χ3n) is 2.03. The highest BCUT2D eigenvalue weighted by molar-refractivity contribution is 7.84. The number of rotatable bonds is 6. The second-order valence-electron chi connectivity index (χ2n) is 3.34. The number of carbonyl (C=O) groups excluding carboxylic acids is 1. The van der Waals surface area contributed by atoms with E-state index in [9.17, 15) is 9.00 Å². The normalized spacial score (nSPS) is 12.4. The van der Waals surface area contributed by atoms with Gasteiger partial charge in [-0.2, -0.15) is 0 Å². The Morgan fingerprint density at radius 3 is 2.94 bits per heavy atom. The number of aromatic nitrogens is 1. The van der Waals surface area contributed by atoms with Gasteiger partial charge >= 0.3 is 5.97 Å². The molecule has 0 saturated carbocycles. The molecule has 5 nitrogen and oxygen atoms in total. The van der Waals surface area contributed by atoms with Crippen LogP contribution in [0.5, 0.6) is 0 Å². The molecule has 1 rings (SSSR count). The van der Waals surface area contributed by atoms with E-state index in [0.29, 0.717) is 24.5 Å². The van der Waals surface area contributed by atoms with Crippen LogP contribution in [0.4, 0.5) is 0 Å². The molecule has 0 fully saturated rings. The van der Waals surface area contributed by atoms with E-state index in [2.05, 4.69) is 15.0 Å². The zero-order valence-electron chi connectivity index (χ0n) is 9.41. The van der Waals surface area contributed by atoms with Gasteiger partial charge in [-0.1, -0.05) is 0 Å². The zero-order chi connectivity index (χ0) is 12.0. The first-order valence-corrected chi connectivity index (χ1v) is 6.63. The molecule has 1 aromatic heterocycles. The van der Waals surface area contributed by atoms with Crippen molar-refractivity contribution in [1.82, 2.24) is 10.3 Å². The maximum Gasteiger partial charge on any atom is 0.354 e. The van der Waals surface area contributed by atoms with Crippen molar-refractivity contribution < 1.29 is 13.7 Å². The molecule has 2 N–H and O–H groups in total. The van der Waals surface area contributed by atoms with Gasteiger partial charge in [0.25, 0.3) is 0 Å². The lowest BCUT2D eigenvalue weighted by Crippen LogP contribution is -2.19. The van der Waals surface area contributed by atoms with Gasteiger partial charge in [-0.25, -0.2) is 4.79 Å². The first kappa shape index (κ1) is 12.9. The summed E-state index contributed by atoms with van der Waals surface area (Å²) in [5.41, 5.74) is 1.35. The number of esters is 1. The van der Waals surface area contributed by atoms with Crippen LogP contribution < -0.4 is 5.32 Å². The van der Waals surface area contributed by atoms with E-state index in [1.165, 1.54) is 7.11 Å². The summed E-state index contributed by atoms with van der Waals surface area (Å²) in [6.45, 7) is 1.31. The third kappa shape index (κ3) is 4.16. The van der Waals surface area contributed by atoms with Gasteiger partial charge in [0.15, 0.2) is 0 Å². The summed E-state index contributed by atoms with van der Waals surface area (Å²) in [6, 6.07) is 3.50. The van der Waals surface area contributed by atoms with E-state index in [1.54, 1.807) is 12.3 Å². The van der Waals surface area contributed by atoms with Crippen LogP contribution in [0, 0.1) is 0 Å². The van der Waals surface area contributed by atoms with E-state index in [0.717, 1.165) is 5.69 Å². The van der Waals surface area contributed by atoms with Gasteiger partial charge in [-0.15, -0.1) is 0 Å². The molecule has 0 aliphatic heterocycles. The maximum atomic E-state index is 11.1. The van der Waals surface area contributed by atoms with Crippen molar-refractivity contribution in [3.8, 4) is 0 Å². The van der Waals surface area contributed by atoms with Gasteiger partial charge < -0.3 is 15.0 Å². The molecule has 90 valence electrons. The van der Waals surface area contributed by atoms with Crippen molar-refractivity contribution in [2.45, 2.75) is 6.54 Å². The van der Waals surface area contributed by atoms with Crippen LogP contribution in [0.1, 0.15) is 16.2 Å². The van der Waals surface area contributed by atoms with Crippen molar-refractivity contribution in [3.05, 3.63) is 23.5 Å². The minimum absolute atomic E-state index is 0.374. The predicted octanol–water partition coefficient (Wildman–Crippen LogP) is 0.269. The molecule has 0 amide bonds. The summed E-state index contributed by atoms with van der Waals surface area (Å²) in [5, 5.41) is 3.13. The third-order valence-corrected chi connectivity index (χ3v) is 2.81. The summed E-state index contributed by atoms with van der Waals surface area (Å²) in [4.78, 5) is 14.1. The van der Waals surface area contributed by atoms with E-state index < -0.39 is 10.8 Å². The average Bonchev–Trinajstić information content (AvgIpc) is 2.71. The number of aromatic amines is 1. The fourth-order valence-electron chi connectivity index (χ4n) is 1.21. The molecule has 0 bridgehead atoms. The van der Waals surface area contributed by atoms with Crippen LogP contribution in [0.3, 0.4) is 0 Å².